The van der Waals surface area contributed by atoms with Crippen LogP contribution in [0.2, 0.25) is 0 Å². The predicted octanol–water partition coefficient (Wildman–Crippen LogP) is 1.29. The molecule has 78 valence electrons. The third-order valence-corrected chi connectivity index (χ3v) is 3.65. The third kappa shape index (κ3) is 0.888. The number of phenolic OH excluding ortho intramolecular Hbond substituents is 2. The molecule has 0 bridgehead atoms. The highest BCUT2D eigenvalue weighted by Crippen LogP contribution is 2.84. The smallest absolute Gasteiger partial charge is 0.310 e. The molecular weight excluding hydrogens is 196 g/mol. The maximum atomic E-state index is 11.0. The quantitative estimate of drug-likeness (QED) is 0.637. The lowest BCUT2D eigenvalue weighted by Gasteiger charge is -2.10. The van der Waals surface area contributed by atoms with Gasteiger partial charge in [-0.05, 0) is 30.5 Å². The number of aromatic hydroxyl groups is 2. The van der Waals surface area contributed by atoms with E-state index in [9.17, 15) is 15.0 Å². The van der Waals surface area contributed by atoms with Gasteiger partial charge < -0.3 is 15.3 Å². The summed E-state index contributed by atoms with van der Waals surface area (Å²) >= 11 is 0. The zero-order valence-corrected chi connectivity index (χ0v) is 7.84. The summed E-state index contributed by atoms with van der Waals surface area (Å²) in [7, 11) is 0. The molecule has 4 heteroatoms. The van der Waals surface area contributed by atoms with E-state index in [0.29, 0.717) is 12.0 Å². The van der Waals surface area contributed by atoms with Crippen LogP contribution >= 0.6 is 0 Å². The van der Waals surface area contributed by atoms with Gasteiger partial charge in [-0.25, -0.2) is 0 Å². The Balaban J connectivity index is 1.97. The number of carboxylic acids is 1. The van der Waals surface area contributed by atoms with Gasteiger partial charge in [0.05, 0.1) is 5.41 Å². The number of hydrogen-bond donors (Lipinski definition) is 3. The lowest BCUT2D eigenvalue weighted by molar-refractivity contribution is -0.141. The molecule has 0 aliphatic heterocycles. The van der Waals surface area contributed by atoms with E-state index >= 15 is 0 Å². The maximum Gasteiger partial charge on any atom is 0.310 e. The molecular formula is C11H10O4. The number of hydrogen-bond acceptors (Lipinski definition) is 3. The molecule has 3 N–H and O–H groups in total. The van der Waals surface area contributed by atoms with Crippen molar-refractivity contribution >= 4 is 5.97 Å². The van der Waals surface area contributed by atoms with Crippen molar-refractivity contribution in [3.63, 3.8) is 0 Å². The molecule has 1 aromatic carbocycles. The largest absolute Gasteiger partial charge is 0.508 e. The molecule has 4 nitrogen and oxygen atoms in total. The van der Waals surface area contributed by atoms with E-state index in [-0.39, 0.29) is 23.3 Å². The fourth-order valence-electron chi connectivity index (χ4n) is 2.57. The van der Waals surface area contributed by atoms with Crippen molar-refractivity contribution in [2.75, 3.05) is 0 Å². The van der Waals surface area contributed by atoms with E-state index in [2.05, 4.69) is 0 Å². The van der Waals surface area contributed by atoms with Gasteiger partial charge in [-0.2, -0.15) is 0 Å². The Bertz CT molecular complexity index is 468. The highest BCUT2D eigenvalue weighted by atomic mass is 16.4. The second-order valence-corrected chi connectivity index (χ2v) is 4.38. The Morgan fingerprint density at radius 1 is 1.40 bits per heavy atom. The van der Waals surface area contributed by atoms with Crippen LogP contribution in [0.5, 0.6) is 11.5 Å². The van der Waals surface area contributed by atoms with Crippen LogP contribution in [0.25, 0.3) is 0 Å². The first-order valence-corrected chi connectivity index (χ1v) is 4.82. The summed E-state index contributed by atoms with van der Waals surface area (Å²) < 4.78 is 0. The fourth-order valence-corrected chi connectivity index (χ4v) is 2.57. The minimum absolute atomic E-state index is 0.0645. The van der Waals surface area contributed by atoms with Crippen molar-refractivity contribution in [3.05, 3.63) is 23.8 Å². The summed E-state index contributed by atoms with van der Waals surface area (Å²) in [5.74, 6) is -0.606. The molecule has 2 aliphatic rings. The minimum Gasteiger partial charge on any atom is -0.508 e. The van der Waals surface area contributed by atoms with Crippen molar-refractivity contribution in [2.24, 2.45) is 11.3 Å². The van der Waals surface area contributed by atoms with E-state index in [0.717, 1.165) is 0 Å². The average molecular weight is 206 g/mol. The van der Waals surface area contributed by atoms with E-state index in [1.165, 1.54) is 18.2 Å². The van der Waals surface area contributed by atoms with Crippen molar-refractivity contribution in [1.29, 1.82) is 0 Å². The number of benzene rings is 1. The lowest BCUT2D eigenvalue weighted by atomic mass is 9.96. The molecule has 3 rings (SSSR count). The third-order valence-electron chi connectivity index (χ3n) is 3.65. The molecule has 1 aromatic rings. The van der Waals surface area contributed by atoms with E-state index in [1.807, 2.05) is 0 Å². The van der Waals surface area contributed by atoms with Crippen LogP contribution in [0.1, 0.15) is 17.9 Å². The summed E-state index contributed by atoms with van der Waals surface area (Å²) in [6.07, 6.45) is 0.697. The van der Waals surface area contributed by atoms with Crippen LogP contribution in [0.3, 0.4) is 0 Å². The topological polar surface area (TPSA) is 77.8 Å². The fraction of sp³-hybridized carbons (Fsp3) is 0.364. The van der Waals surface area contributed by atoms with Crippen LogP contribution in [-0.2, 0) is 4.79 Å². The molecule has 0 unspecified atom stereocenters. The molecule has 15 heavy (non-hydrogen) atoms. The molecule has 2 fully saturated rings. The SMILES string of the molecule is O=C(O)[C@@]12C[C@H]1[C@H]2c1cc(O)ccc1O. The van der Waals surface area contributed by atoms with Crippen LogP contribution < -0.4 is 0 Å². The molecule has 0 spiro atoms. The highest BCUT2D eigenvalue weighted by molar-refractivity contribution is 5.87. The Morgan fingerprint density at radius 2 is 2.13 bits per heavy atom. The van der Waals surface area contributed by atoms with Gasteiger partial charge in [0.25, 0.3) is 0 Å². The molecule has 2 saturated carbocycles. The number of fused-ring (bicyclic) bond motifs is 1. The normalized spacial score (nSPS) is 35.7. The van der Waals surface area contributed by atoms with E-state index in [4.69, 9.17) is 5.11 Å². The molecule has 2 aliphatic carbocycles. The number of carbonyl (C=O) groups is 1. The van der Waals surface area contributed by atoms with Crippen LogP contribution in [0.15, 0.2) is 18.2 Å². The maximum absolute atomic E-state index is 11.0. The van der Waals surface area contributed by atoms with Gasteiger partial charge in [0.1, 0.15) is 11.5 Å². The summed E-state index contributed by atoms with van der Waals surface area (Å²) in [4.78, 5) is 11.0. The first kappa shape index (κ1) is 8.59. The van der Waals surface area contributed by atoms with Crippen molar-refractivity contribution in [2.45, 2.75) is 12.3 Å². The zero-order chi connectivity index (χ0) is 10.8. The molecule has 0 amide bonds. The van der Waals surface area contributed by atoms with Crippen LogP contribution in [0.4, 0.5) is 0 Å². The van der Waals surface area contributed by atoms with Gasteiger partial charge in [-0.1, -0.05) is 0 Å². The molecule has 0 heterocycles. The summed E-state index contributed by atoms with van der Waals surface area (Å²) in [6, 6.07) is 4.25. The van der Waals surface area contributed by atoms with Crippen LogP contribution in [-0.4, -0.2) is 21.3 Å². The summed E-state index contributed by atoms with van der Waals surface area (Å²) in [6.45, 7) is 0. The van der Waals surface area contributed by atoms with E-state index in [1.54, 1.807) is 0 Å². The van der Waals surface area contributed by atoms with Gasteiger partial charge in [0.15, 0.2) is 0 Å². The lowest BCUT2D eigenvalue weighted by Crippen LogP contribution is -2.10. The second-order valence-electron chi connectivity index (χ2n) is 4.38. The van der Waals surface area contributed by atoms with Crippen molar-refractivity contribution < 1.29 is 20.1 Å². The molecule has 3 atom stereocenters. The Hall–Kier alpha value is -1.71. The van der Waals surface area contributed by atoms with Crippen molar-refractivity contribution in [3.8, 4) is 11.5 Å². The van der Waals surface area contributed by atoms with Crippen LogP contribution in [0, 0.1) is 11.3 Å². The summed E-state index contributed by atoms with van der Waals surface area (Å²) in [5.41, 5.74) is -0.0701. The Labute approximate surface area is 85.8 Å². The van der Waals surface area contributed by atoms with Gasteiger partial charge in [0, 0.05) is 11.5 Å². The summed E-state index contributed by atoms with van der Waals surface area (Å²) in [5, 5.41) is 27.9. The Morgan fingerprint density at radius 3 is 2.67 bits per heavy atom. The monoisotopic (exact) mass is 206 g/mol. The number of carboxylic acid groups (broad SMARTS) is 1. The predicted molar refractivity (Wildman–Crippen MR) is 50.7 cm³/mol. The van der Waals surface area contributed by atoms with E-state index < -0.39 is 11.4 Å². The first-order valence-electron chi connectivity index (χ1n) is 4.82. The van der Waals surface area contributed by atoms with Crippen molar-refractivity contribution in [1.82, 2.24) is 0 Å². The number of rotatable bonds is 2. The number of phenols is 2. The number of aliphatic carboxylic acids is 1. The minimum atomic E-state index is -0.791. The average Bonchev–Trinajstić information content (AvgIpc) is 2.98. The Kier molecular flexibility index (Phi) is 1.30. The second kappa shape index (κ2) is 2.27. The zero-order valence-electron chi connectivity index (χ0n) is 7.84. The first-order chi connectivity index (χ1) is 7.07. The van der Waals surface area contributed by atoms with Gasteiger partial charge in [-0.3, -0.25) is 4.79 Å². The highest BCUT2D eigenvalue weighted by Gasteiger charge is 2.84. The molecule has 0 aromatic heterocycles. The van der Waals surface area contributed by atoms with Gasteiger partial charge in [0.2, 0.25) is 0 Å². The standard InChI is InChI=1S/C11H10O4/c12-5-1-2-8(13)6(3-5)9-7-4-11(7,9)10(14)15/h1-3,7,9,12-13H,4H2,(H,14,15)/t7-,9+,11-/m0/s1. The van der Waals surface area contributed by atoms with Gasteiger partial charge >= 0.3 is 5.97 Å². The molecule has 0 radical (unpaired) electrons. The molecule has 0 saturated heterocycles. The van der Waals surface area contributed by atoms with Gasteiger partial charge in [-0.15, -0.1) is 0 Å².